The summed E-state index contributed by atoms with van der Waals surface area (Å²) in [6.45, 7) is 0.171. The molecule has 0 aromatic carbocycles. The molecule has 0 fully saturated rings. The molecule has 0 aromatic heterocycles. The summed E-state index contributed by atoms with van der Waals surface area (Å²) in [5.74, 6) is -3.61. The molecular formula is C4H5F5O3P-. The summed E-state index contributed by atoms with van der Waals surface area (Å²) in [5.41, 5.74) is 0. The fourth-order valence-electron chi connectivity index (χ4n) is 0.618. The maximum atomic E-state index is 12.5. The van der Waals surface area contributed by atoms with Crippen molar-refractivity contribution >= 4 is 7.91 Å². The van der Waals surface area contributed by atoms with Crippen molar-refractivity contribution < 1.29 is 35.7 Å². The molecule has 0 heterocycles. The van der Waals surface area contributed by atoms with Crippen molar-refractivity contribution in [3.05, 3.63) is 0 Å². The molecule has 0 N–H and O–H groups in total. The van der Waals surface area contributed by atoms with Crippen LogP contribution < -0.4 is 4.89 Å². The molecule has 0 aliphatic heterocycles. The first kappa shape index (κ1) is 12.8. The van der Waals surface area contributed by atoms with E-state index in [4.69, 9.17) is 0 Å². The largest absolute Gasteiger partial charge is 0.753 e. The minimum absolute atomic E-state index is 0.171. The van der Waals surface area contributed by atoms with Crippen molar-refractivity contribution in [2.75, 3.05) is 0 Å². The summed E-state index contributed by atoms with van der Waals surface area (Å²) < 4.78 is 71.2. The predicted molar refractivity (Wildman–Crippen MR) is 30.0 cm³/mol. The van der Waals surface area contributed by atoms with Crippen molar-refractivity contribution in [2.24, 2.45) is 0 Å². The van der Waals surface area contributed by atoms with E-state index in [1.54, 1.807) is 0 Å². The maximum Gasteiger partial charge on any atom is 0.394 e. The van der Waals surface area contributed by atoms with Crippen LogP contribution in [-0.2, 0) is 9.09 Å². The quantitative estimate of drug-likeness (QED) is 0.547. The van der Waals surface area contributed by atoms with E-state index in [1.807, 2.05) is 0 Å². The highest BCUT2D eigenvalue weighted by atomic mass is 31.2. The zero-order valence-electron chi connectivity index (χ0n) is 6.27. The Morgan fingerprint density at radius 2 is 1.77 bits per heavy atom. The van der Waals surface area contributed by atoms with Gasteiger partial charge < -0.3 is 4.89 Å². The van der Waals surface area contributed by atoms with Gasteiger partial charge >= 0.3 is 14.1 Å². The summed E-state index contributed by atoms with van der Waals surface area (Å²) in [6, 6.07) is 0. The Hall–Kier alpha value is -0.200. The average molecular weight is 227 g/mol. The third kappa shape index (κ3) is 8.14. The van der Waals surface area contributed by atoms with Gasteiger partial charge in [-0.05, 0) is 6.92 Å². The van der Waals surface area contributed by atoms with Gasteiger partial charge in [0.2, 0.25) is 5.85 Å². The van der Waals surface area contributed by atoms with E-state index in [2.05, 4.69) is 4.52 Å². The molecular weight excluding hydrogens is 222 g/mol. The van der Waals surface area contributed by atoms with Gasteiger partial charge in [-0.3, -0.25) is 9.09 Å². The second-order valence-electron chi connectivity index (χ2n) is 2.42. The normalized spacial score (nSPS) is 22.1. The lowest BCUT2D eigenvalue weighted by atomic mass is 10.2. The highest BCUT2D eigenvalue weighted by Gasteiger charge is 2.42. The second kappa shape index (κ2) is 3.51. The summed E-state index contributed by atoms with van der Waals surface area (Å²) in [7, 11) is -6.00. The molecule has 0 aromatic rings. The summed E-state index contributed by atoms with van der Waals surface area (Å²) >= 11 is 0. The van der Waals surface area contributed by atoms with E-state index < -0.39 is 26.4 Å². The number of hydrogen-bond acceptors (Lipinski definition) is 3. The van der Waals surface area contributed by atoms with Crippen molar-refractivity contribution in [1.29, 1.82) is 0 Å². The van der Waals surface area contributed by atoms with Gasteiger partial charge in [-0.1, -0.05) is 0 Å². The summed E-state index contributed by atoms with van der Waals surface area (Å²) in [4.78, 5) is 9.66. The number of alkyl halides is 4. The van der Waals surface area contributed by atoms with Crippen LogP contribution in [0.2, 0.25) is 0 Å². The van der Waals surface area contributed by atoms with Crippen LogP contribution in [0.3, 0.4) is 0 Å². The molecule has 0 amide bonds. The second-order valence-corrected chi connectivity index (χ2v) is 3.46. The summed E-state index contributed by atoms with van der Waals surface area (Å²) in [5, 5.41) is 0. The minimum atomic E-state index is -6.00. The van der Waals surface area contributed by atoms with Crippen LogP contribution in [0.1, 0.15) is 13.3 Å². The highest BCUT2D eigenvalue weighted by molar-refractivity contribution is 7.45. The summed E-state index contributed by atoms with van der Waals surface area (Å²) in [6.07, 6.45) is -7.17. The minimum Gasteiger partial charge on any atom is -0.753 e. The van der Waals surface area contributed by atoms with Crippen molar-refractivity contribution in [1.82, 2.24) is 0 Å². The maximum absolute atomic E-state index is 12.5. The monoisotopic (exact) mass is 227 g/mol. The van der Waals surface area contributed by atoms with E-state index in [0.29, 0.717) is 0 Å². The van der Waals surface area contributed by atoms with Crippen LogP contribution in [0, 0.1) is 0 Å². The van der Waals surface area contributed by atoms with Crippen LogP contribution in [-0.4, -0.2) is 12.0 Å². The van der Waals surface area contributed by atoms with Crippen molar-refractivity contribution in [3.8, 4) is 0 Å². The molecule has 0 saturated carbocycles. The molecule has 0 aliphatic rings. The number of rotatable bonds is 3. The van der Waals surface area contributed by atoms with Gasteiger partial charge in [0.1, 0.15) is 6.42 Å². The molecule has 9 heteroatoms. The molecule has 3 nitrogen and oxygen atoms in total. The lowest BCUT2D eigenvalue weighted by Gasteiger charge is -2.25. The molecule has 0 spiro atoms. The van der Waals surface area contributed by atoms with E-state index in [1.165, 1.54) is 0 Å². The molecule has 80 valence electrons. The smallest absolute Gasteiger partial charge is 0.394 e. The average Bonchev–Trinajstić information content (AvgIpc) is 1.43. The predicted octanol–water partition coefficient (Wildman–Crippen LogP) is 2.08. The standard InChI is InChI=1S/C4H6F5O3P/c1-3(5,2-4(6,7)8)12-13(9,10)11/h2H2,1H3,(H,10,11)/p-1. The first-order valence-corrected chi connectivity index (χ1v) is 4.32. The van der Waals surface area contributed by atoms with Crippen LogP contribution in [0.4, 0.5) is 21.8 Å². The topological polar surface area (TPSA) is 49.4 Å². The fourth-order valence-corrected chi connectivity index (χ4v) is 1.14. The first-order valence-electron chi connectivity index (χ1n) is 2.88. The van der Waals surface area contributed by atoms with Gasteiger partial charge in [0.25, 0.3) is 0 Å². The Morgan fingerprint density at radius 1 is 1.38 bits per heavy atom. The van der Waals surface area contributed by atoms with Crippen LogP contribution in [0.5, 0.6) is 0 Å². The number of hydrogen-bond donors (Lipinski definition) is 0. The Bertz CT molecular complexity index is 218. The Balaban J connectivity index is 4.34. The van der Waals surface area contributed by atoms with E-state index in [9.17, 15) is 31.2 Å². The SMILES string of the molecule is CC(F)(CC(F)(F)F)OP(=O)([O-])F. The fraction of sp³-hybridized carbons (Fsp3) is 1.00. The zero-order valence-corrected chi connectivity index (χ0v) is 7.16. The Labute approximate surface area is 70.2 Å². The van der Waals surface area contributed by atoms with Crippen LogP contribution >= 0.6 is 7.91 Å². The van der Waals surface area contributed by atoms with Gasteiger partial charge in [0, 0.05) is 0 Å². The van der Waals surface area contributed by atoms with E-state index in [-0.39, 0.29) is 6.92 Å². The van der Waals surface area contributed by atoms with Gasteiger partial charge in [-0.2, -0.15) is 17.4 Å². The van der Waals surface area contributed by atoms with Crippen LogP contribution in [0.25, 0.3) is 0 Å². The van der Waals surface area contributed by atoms with Gasteiger partial charge in [-0.25, -0.2) is 4.39 Å². The molecule has 2 atom stereocenters. The van der Waals surface area contributed by atoms with E-state index >= 15 is 0 Å². The van der Waals surface area contributed by atoms with Gasteiger partial charge in [0.15, 0.2) is 0 Å². The van der Waals surface area contributed by atoms with E-state index in [0.717, 1.165) is 0 Å². The van der Waals surface area contributed by atoms with Crippen LogP contribution in [0.15, 0.2) is 0 Å². The molecule has 0 bridgehead atoms. The Morgan fingerprint density at radius 3 is 2.00 bits per heavy atom. The van der Waals surface area contributed by atoms with Crippen molar-refractivity contribution in [3.63, 3.8) is 0 Å². The first-order chi connectivity index (χ1) is 5.41. The zero-order chi connectivity index (χ0) is 10.9. The third-order valence-electron chi connectivity index (χ3n) is 0.816. The van der Waals surface area contributed by atoms with Gasteiger partial charge in [0.05, 0.1) is 0 Å². The molecule has 0 aliphatic carbocycles. The Kier molecular flexibility index (Phi) is 3.46. The number of halogens is 5. The third-order valence-corrected chi connectivity index (χ3v) is 1.41. The molecule has 0 rings (SSSR count). The molecule has 0 radical (unpaired) electrons. The lowest BCUT2D eigenvalue weighted by molar-refractivity contribution is -0.250. The lowest BCUT2D eigenvalue weighted by Crippen LogP contribution is -2.30. The molecule has 13 heavy (non-hydrogen) atoms. The van der Waals surface area contributed by atoms with Crippen molar-refractivity contribution in [2.45, 2.75) is 25.4 Å². The highest BCUT2D eigenvalue weighted by Crippen LogP contribution is 2.46. The molecule has 2 unspecified atom stereocenters. The molecule has 0 saturated heterocycles. The van der Waals surface area contributed by atoms with Gasteiger partial charge in [-0.15, -0.1) is 0 Å².